The first-order valence-electron chi connectivity index (χ1n) is 5.74. The van der Waals surface area contributed by atoms with Crippen molar-refractivity contribution in [1.29, 1.82) is 0 Å². The molecule has 1 heterocycles. The average molecular weight is 284 g/mol. The van der Waals surface area contributed by atoms with Crippen LogP contribution in [0.25, 0.3) is 0 Å². The van der Waals surface area contributed by atoms with Crippen molar-refractivity contribution < 1.29 is 33.3 Å². The van der Waals surface area contributed by atoms with Gasteiger partial charge in [-0.15, -0.1) is 0 Å². The number of hydrogen-bond acceptors (Lipinski definition) is 5. The Kier molecular flexibility index (Phi) is 5.73. The van der Waals surface area contributed by atoms with Gasteiger partial charge in [0, 0.05) is 7.11 Å². The number of rotatable bonds is 6. The van der Waals surface area contributed by atoms with Crippen molar-refractivity contribution >= 4 is 7.60 Å². The summed E-state index contributed by atoms with van der Waals surface area (Å²) in [5.41, 5.74) is 0. The topological polar surface area (TPSA) is 94.5 Å². The summed E-state index contributed by atoms with van der Waals surface area (Å²) in [5.74, 6) is 0. The second-order valence-electron chi connectivity index (χ2n) is 4.52. The molecule has 0 aromatic carbocycles. The monoisotopic (exact) mass is 284 g/mol. The molecule has 0 bridgehead atoms. The molecule has 0 aromatic heterocycles. The maximum Gasteiger partial charge on any atom is 0.351 e. The fraction of sp³-hybridized carbons (Fsp3) is 1.00. The van der Waals surface area contributed by atoms with Crippen LogP contribution in [-0.4, -0.2) is 54.0 Å². The van der Waals surface area contributed by atoms with Crippen molar-refractivity contribution in [3.63, 3.8) is 0 Å². The molecule has 1 aliphatic rings. The van der Waals surface area contributed by atoms with Gasteiger partial charge in [-0.3, -0.25) is 4.57 Å². The predicted molar refractivity (Wildman–Crippen MR) is 63.1 cm³/mol. The summed E-state index contributed by atoms with van der Waals surface area (Å²) in [6.07, 6.45) is -2.69. The van der Waals surface area contributed by atoms with Crippen LogP contribution < -0.4 is 0 Å². The van der Waals surface area contributed by atoms with Crippen LogP contribution >= 0.6 is 7.60 Å². The third-order valence-corrected chi connectivity index (χ3v) is 3.00. The second kappa shape index (κ2) is 6.43. The normalized spacial score (nSPS) is 33.3. The van der Waals surface area contributed by atoms with E-state index < -0.39 is 26.3 Å². The Morgan fingerprint density at radius 3 is 2.39 bits per heavy atom. The van der Waals surface area contributed by atoms with Gasteiger partial charge in [-0.05, 0) is 20.8 Å². The minimum absolute atomic E-state index is 0.0669. The summed E-state index contributed by atoms with van der Waals surface area (Å²) < 4.78 is 32.3. The first kappa shape index (κ1) is 16.0. The minimum Gasteiger partial charge on any atom is -0.376 e. The smallest absolute Gasteiger partial charge is 0.351 e. The average Bonchev–Trinajstić information content (AvgIpc) is 2.50. The third-order valence-electron chi connectivity index (χ3n) is 2.51. The molecule has 1 fully saturated rings. The molecule has 18 heavy (non-hydrogen) atoms. The molecule has 7 nitrogen and oxygen atoms in total. The van der Waals surface area contributed by atoms with E-state index in [4.69, 9.17) is 28.7 Å². The Morgan fingerprint density at radius 1 is 1.33 bits per heavy atom. The van der Waals surface area contributed by atoms with Gasteiger partial charge in [0.05, 0.1) is 12.2 Å². The van der Waals surface area contributed by atoms with Crippen molar-refractivity contribution in [1.82, 2.24) is 0 Å². The van der Waals surface area contributed by atoms with Gasteiger partial charge in [0.15, 0.2) is 12.6 Å². The number of ether oxygens (including phenoxy) is 4. The molecule has 1 aliphatic heterocycles. The molecule has 0 spiro atoms. The van der Waals surface area contributed by atoms with Gasteiger partial charge in [0.1, 0.15) is 12.2 Å². The van der Waals surface area contributed by atoms with Crippen LogP contribution in [0.5, 0.6) is 0 Å². The van der Waals surface area contributed by atoms with Gasteiger partial charge < -0.3 is 28.7 Å². The highest BCUT2D eigenvalue weighted by Gasteiger charge is 2.45. The fourth-order valence-electron chi connectivity index (χ4n) is 1.87. The Hall–Kier alpha value is -0.0100. The van der Waals surface area contributed by atoms with Crippen molar-refractivity contribution in [3.05, 3.63) is 0 Å². The van der Waals surface area contributed by atoms with E-state index in [-0.39, 0.29) is 18.3 Å². The molecule has 0 saturated carbocycles. The number of hydrogen-bond donors (Lipinski definition) is 2. The van der Waals surface area contributed by atoms with Crippen molar-refractivity contribution in [2.75, 3.05) is 13.5 Å². The molecule has 8 heteroatoms. The summed E-state index contributed by atoms with van der Waals surface area (Å²) in [5, 5.41) is 0. The summed E-state index contributed by atoms with van der Waals surface area (Å²) in [6, 6.07) is 0. The summed E-state index contributed by atoms with van der Waals surface area (Å²) in [6.45, 7) is 5.51. The van der Waals surface area contributed by atoms with E-state index >= 15 is 0 Å². The van der Waals surface area contributed by atoms with Crippen LogP contribution in [-0.2, 0) is 23.5 Å². The molecule has 1 rings (SSSR count). The van der Waals surface area contributed by atoms with Crippen LogP contribution in [0.4, 0.5) is 0 Å². The van der Waals surface area contributed by atoms with E-state index in [1.807, 2.05) is 13.8 Å². The molecule has 2 N–H and O–H groups in total. The van der Waals surface area contributed by atoms with E-state index in [0.717, 1.165) is 0 Å². The maximum atomic E-state index is 10.8. The summed E-state index contributed by atoms with van der Waals surface area (Å²) in [7, 11) is -2.69. The third kappa shape index (κ3) is 4.59. The van der Waals surface area contributed by atoms with Gasteiger partial charge in [0.25, 0.3) is 0 Å². The largest absolute Gasteiger partial charge is 0.376 e. The second-order valence-corrected chi connectivity index (χ2v) is 6.11. The van der Waals surface area contributed by atoms with Gasteiger partial charge in [-0.2, -0.15) is 0 Å². The van der Waals surface area contributed by atoms with E-state index in [1.165, 1.54) is 7.11 Å². The van der Waals surface area contributed by atoms with Crippen LogP contribution in [0.3, 0.4) is 0 Å². The Bertz CT molecular complexity index is 303. The zero-order valence-corrected chi connectivity index (χ0v) is 11.9. The van der Waals surface area contributed by atoms with Gasteiger partial charge in [-0.1, -0.05) is 0 Å². The zero-order valence-electron chi connectivity index (χ0n) is 11.0. The lowest BCUT2D eigenvalue weighted by molar-refractivity contribution is -0.177. The lowest BCUT2D eigenvalue weighted by Crippen LogP contribution is -2.39. The molecule has 0 aromatic rings. The molecule has 0 amide bonds. The van der Waals surface area contributed by atoms with Crippen molar-refractivity contribution in [2.45, 2.75) is 51.5 Å². The van der Waals surface area contributed by atoms with E-state index in [0.29, 0.717) is 0 Å². The molecule has 108 valence electrons. The highest BCUT2D eigenvalue weighted by molar-refractivity contribution is 7.51. The van der Waals surface area contributed by atoms with Gasteiger partial charge in [0.2, 0.25) is 0 Å². The summed E-state index contributed by atoms with van der Waals surface area (Å²) >= 11 is 0. The zero-order chi connectivity index (χ0) is 13.9. The van der Waals surface area contributed by atoms with E-state index in [2.05, 4.69) is 0 Å². The highest BCUT2D eigenvalue weighted by Crippen LogP contribution is 2.37. The Morgan fingerprint density at radius 2 is 1.94 bits per heavy atom. The molecule has 0 unspecified atom stereocenters. The van der Waals surface area contributed by atoms with Crippen LogP contribution in [0.1, 0.15) is 20.8 Å². The van der Waals surface area contributed by atoms with Crippen molar-refractivity contribution in [2.24, 2.45) is 0 Å². The lowest BCUT2D eigenvalue weighted by atomic mass is 10.1. The van der Waals surface area contributed by atoms with Crippen LogP contribution in [0.2, 0.25) is 0 Å². The highest BCUT2D eigenvalue weighted by atomic mass is 31.2. The Labute approximate surface area is 107 Å². The molecule has 0 aliphatic carbocycles. The quantitative estimate of drug-likeness (QED) is 0.693. The maximum absolute atomic E-state index is 10.8. The molecular weight excluding hydrogens is 263 g/mol. The molecule has 4 atom stereocenters. The van der Waals surface area contributed by atoms with Gasteiger partial charge >= 0.3 is 7.60 Å². The van der Waals surface area contributed by atoms with Gasteiger partial charge in [-0.25, -0.2) is 0 Å². The first-order valence-corrected chi connectivity index (χ1v) is 7.54. The molecule has 1 saturated heterocycles. The van der Waals surface area contributed by atoms with E-state index in [1.54, 1.807) is 6.92 Å². The van der Waals surface area contributed by atoms with E-state index in [9.17, 15) is 4.57 Å². The minimum atomic E-state index is -4.23. The van der Waals surface area contributed by atoms with Crippen LogP contribution in [0, 0.1) is 0 Å². The predicted octanol–water partition coefficient (Wildman–Crippen LogP) is 0.692. The Balaban J connectivity index is 2.66. The first-order chi connectivity index (χ1) is 8.24. The van der Waals surface area contributed by atoms with Crippen LogP contribution in [0.15, 0.2) is 0 Å². The SMILES string of the molecule is CO[C@@H]1[C@H](OC(C)C)[C@@H](OCP(=O)(O)O)O[C@H]1C. The molecular formula is C10H21O7P. The summed E-state index contributed by atoms with van der Waals surface area (Å²) in [4.78, 5) is 17.6. The standard InChI is InChI=1S/C10H21O7P/c1-6(2)16-9-8(14-4)7(3)17-10(9)15-5-18(11,12)13/h6-10H,5H2,1-4H3,(H2,11,12,13)/t7-,8-,9-,10-/m0/s1. The van der Waals surface area contributed by atoms with Crippen molar-refractivity contribution in [3.8, 4) is 0 Å². The number of methoxy groups -OCH3 is 1. The lowest BCUT2D eigenvalue weighted by Gasteiger charge is -2.24. The molecule has 0 radical (unpaired) electrons. The fourth-order valence-corrected chi connectivity index (χ4v) is 2.22.